The number of benzene rings is 1. The molecule has 1 aliphatic rings. The summed E-state index contributed by atoms with van der Waals surface area (Å²) in [4.78, 5) is 30.1. The molecule has 152 valence electrons. The van der Waals surface area contributed by atoms with Gasteiger partial charge in [0, 0.05) is 24.0 Å². The minimum absolute atomic E-state index is 0.0517. The van der Waals surface area contributed by atoms with Crippen LogP contribution in [0.25, 0.3) is 10.9 Å². The van der Waals surface area contributed by atoms with Gasteiger partial charge in [-0.2, -0.15) is 0 Å². The summed E-state index contributed by atoms with van der Waals surface area (Å²) in [5.41, 5.74) is 2.44. The van der Waals surface area contributed by atoms with Gasteiger partial charge in [0.1, 0.15) is 5.76 Å². The summed E-state index contributed by atoms with van der Waals surface area (Å²) in [6.45, 7) is 4.55. The van der Waals surface area contributed by atoms with Crippen LogP contribution in [-0.2, 0) is 11.2 Å². The zero-order valence-corrected chi connectivity index (χ0v) is 16.7. The van der Waals surface area contributed by atoms with E-state index in [0.29, 0.717) is 18.5 Å². The number of hydrogen-bond acceptors (Lipinski definition) is 4. The highest BCUT2D eigenvalue weighted by molar-refractivity contribution is 5.80. The molecule has 3 heterocycles. The van der Waals surface area contributed by atoms with E-state index < -0.39 is 0 Å². The third kappa shape index (κ3) is 4.59. The molecule has 4 rings (SSSR count). The summed E-state index contributed by atoms with van der Waals surface area (Å²) in [5.74, 6) is 0.831. The topological polar surface area (TPSA) is 78.3 Å². The number of hydrogen-bond donors (Lipinski definition) is 2. The Morgan fingerprint density at radius 3 is 2.83 bits per heavy atom. The number of carbonyl (C=O) groups excluding carboxylic acids is 1. The monoisotopic (exact) mass is 393 g/mol. The summed E-state index contributed by atoms with van der Waals surface area (Å²) in [7, 11) is 0. The van der Waals surface area contributed by atoms with Gasteiger partial charge in [-0.25, -0.2) is 0 Å². The first-order valence-corrected chi connectivity index (χ1v) is 10.3. The molecule has 0 bridgehead atoms. The molecule has 0 aliphatic carbocycles. The molecule has 0 saturated carbocycles. The van der Waals surface area contributed by atoms with E-state index in [9.17, 15) is 9.59 Å². The standard InChI is InChI=1S/C23H27N3O3/c1-16-6-7-17-14-18(23(28)25-19(17)13-16)8-9-22(27)24-15-20(21-5-4-12-29-21)26-10-2-3-11-26/h4-7,12-14,20H,2-3,8-11,15H2,1H3,(H,24,27)(H,25,28). The van der Waals surface area contributed by atoms with Crippen molar-refractivity contribution in [1.82, 2.24) is 15.2 Å². The lowest BCUT2D eigenvalue weighted by Gasteiger charge is -2.26. The van der Waals surface area contributed by atoms with Crippen molar-refractivity contribution in [3.8, 4) is 0 Å². The summed E-state index contributed by atoms with van der Waals surface area (Å²) in [6, 6.07) is 11.8. The maximum Gasteiger partial charge on any atom is 0.251 e. The highest BCUT2D eigenvalue weighted by Crippen LogP contribution is 2.25. The molecule has 3 aromatic rings. The summed E-state index contributed by atoms with van der Waals surface area (Å²) < 4.78 is 5.60. The van der Waals surface area contributed by atoms with Crippen LogP contribution in [0.3, 0.4) is 0 Å². The van der Waals surface area contributed by atoms with Gasteiger partial charge in [0.25, 0.3) is 5.56 Å². The van der Waals surface area contributed by atoms with Crippen LogP contribution in [-0.4, -0.2) is 35.4 Å². The molecule has 1 atom stereocenters. The molecule has 1 aromatic carbocycles. The normalized spacial score (nSPS) is 15.6. The highest BCUT2D eigenvalue weighted by atomic mass is 16.3. The Morgan fingerprint density at radius 2 is 2.07 bits per heavy atom. The Morgan fingerprint density at radius 1 is 1.24 bits per heavy atom. The molecule has 1 aliphatic heterocycles. The SMILES string of the molecule is Cc1ccc2cc(CCC(=O)NCC(c3ccco3)N3CCCC3)c(=O)[nH]c2c1. The summed E-state index contributed by atoms with van der Waals surface area (Å²) >= 11 is 0. The Balaban J connectivity index is 1.37. The molecule has 0 radical (unpaired) electrons. The number of fused-ring (bicyclic) bond motifs is 1. The number of H-pyrrole nitrogens is 1. The molecule has 1 saturated heterocycles. The van der Waals surface area contributed by atoms with Crippen molar-refractivity contribution in [1.29, 1.82) is 0 Å². The predicted octanol–water partition coefficient (Wildman–Crippen LogP) is 3.32. The number of nitrogens with one attached hydrogen (secondary N) is 2. The molecule has 6 heteroatoms. The summed E-state index contributed by atoms with van der Waals surface area (Å²) in [5, 5.41) is 4.01. The van der Waals surface area contributed by atoms with Crippen LogP contribution in [0.15, 0.2) is 51.9 Å². The molecular weight excluding hydrogens is 366 g/mol. The lowest BCUT2D eigenvalue weighted by molar-refractivity contribution is -0.121. The van der Waals surface area contributed by atoms with E-state index in [1.165, 1.54) is 12.8 Å². The van der Waals surface area contributed by atoms with E-state index in [2.05, 4.69) is 15.2 Å². The minimum atomic E-state index is -0.124. The van der Waals surface area contributed by atoms with E-state index in [4.69, 9.17) is 4.42 Å². The number of carbonyl (C=O) groups is 1. The average Bonchev–Trinajstić information content (AvgIpc) is 3.41. The van der Waals surface area contributed by atoms with Gasteiger partial charge in [-0.15, -0.1) is 0 Å². The van der Waals surface area contributed by atoms with Gasteiger partial charge in [0.15, 0.2) is 0 Å². The second-order valence-electron chi connectivity index (χ2n) is 7.79. The number of likely N-dealkylation sites (tertiary alicyclic amines) is 1. The fraction of sp³-hybridized carbons (Fsp3) is 0.391. The zero-order valence-electron chi connectivity index (χ0n) is 16.7. The third-order valence-electron chi connectivity index (χ3n) is 5.65. The van der Waals surface area contributed by atoms with E-state index >= 15 is 0 Å². The smallest absolute Gasteiger partial charge is 0.251 e. The van der Waals surface area contributed by atoms with Crippen LogP contribution in [0.1, 0.15) is 42.2 Å². The Hall–Kier alpha value is -2.86. The van der Waals surface area contributed by atoms with E-state index in [1.54, 1.807) is 6.26 Å². The van der Waals surface area contributed by atoms with Crippen LogP contribution in [0.4, 0.5) is 0 Å². The Labute approximate surface area is 169 Å². The molecule has 2 N–H and O–H groups in total. The van der Waals surface area contributed by atoms with Crippen LogP contribution in [0.2, 0.25) is 0 Å². The number of aromatic amines is 1. The fourth-order valence-electron chi connectivity index (χ4n) is 4.04. The molecule has 29 heavy (non-hydrogen) atoms. The first-order valence-electron chi connectivity index (χ1n) is 10.3. The maximum atomic E-state index is 12.5. The van der Waals surface area contributed by atoms with Crippen molar-refractivity contribution < 1.29 is 9.21 Å². The van der Waals surface area contributed by atoms with Gasteiger partial charge in [0.05, 0.1) is 12.3 Å². The largest absolute Gasteiger partial charge is 0.468 e. The van der Waals surface area contributed by atoms with Gasteiger partial charge in [0.2, 0.25) is 5.91 Å². The van der Waals surface area contributed by atoms with Crippen molar-refractivity contribution in [2.24, 2.45) is 0 Å². The number of aromatic nitrogens is 1. The lowest BCUT2D eigenvalue weighted by Crippen LogP contribution is -2.36. The number of amides is 1. The van der Waals surface area contributed by atoms with Crippen LogP contribution >= 0.6 is 0 Å². The maximum absolute atomic E-state index is 12.5. The molecular formula is C23H27N3O3. The number of pyridine rings is 1. The van der Waals surface area contributed by atoms with Gasteiger partial charge in [-0.3, -0.25) is 14.5 Å². The fourth-order valence-corrected chi connectivity index (χ4v) is 4.04. The predicted molar refractivity (Wildman–Crippen MR) is 113 cm³/mol. The lowest BCUT2D eigenvalue weighted by atomic mass is 10.1. The summed E-state index contributed by atoms with van der Waals surface area (Å²) in [6.07, 6.45) is 4.73. The van der Waals surface area contributed by atoms with Gasteiger partial charge >= 0.3 is 0 Å². The Bertz CT molecular complexity index is 1030. The molecule has 1 amide bonds. The Kier molecular flexibility index (Phi) is 5.81. The second kappa shape index (κ2) is 8.66. The van der Waals surface area contributed by atoms with Crippen molar-refractivity contribution in [2.45, 2.75) is 38.6 Å². The number of nitrogens with zero attached hydrogens (tertiary/aromatic N) is 1. The quantitative estimate of drug-likeness (QED) is 0.646. The average molecular weight is 393 g/mol. The van der Waals surface area contributed by atoms with Gasteiger partial charge in [-0.05, 0) is 74.5 Å². The molecule has 2 aromatic heterocycles. The van der Waals surface area contributed by atoms with E-state index in [-0.39, 0.29) is 23.9 Å². The van der Waals surface area contributed by atoms with E-state index in [1.807, 2.05) is 43.3 Å². The zero-order chi connectivity index (χ0) is 20.2. The van der Waals surface area contributed by atoms with E-state index in [0.717, 1.165) is 35.3 Å². The van der Waals surface area contributed by atoms with Crippen LogP contribution in [0, 0.1) is 6.92 Å². The molecule has 6 nitrogen and oxygen atoms in total. The molecule has 0 spiro atoms. The first-order chi connectivity index (χ1) is 14.1. The second-order valence-corrected chi connectivity index (χ2v) is 7.79. The van der Waals surface area contributed by atoms with Crippen molar-refractivity contribution >= 4 is 16.8 Å². The number of rotatable bonds is 7. The van der Waals surface area contributed by atoms with Crippen molar-refractivity contribution in [3.63, 3.8) is 0 Å². The highest BCUT2D eigenvalue weighted by Gasteiger charge is 2.25. The molecule has 1 fully saturated rings. The number of furan rings is 1. The van der Waals surface area contributed by atoms with Gasteiger partial charge < -0.3 is 14.7 Å². The van der Waals surface area contributed by atoms with Crippen molar-refractivity contribution in [2.75, 3.05) is 19.6 Å². The van der Waals surface area contributed by atoms with Crippen LogP contribution < -0.4 is 10.9 Å². The van der Waals surface area contributed by atoms with Gasteiger partial charge in [-0.1, -0.05) is 12.1 Å². The first kappa shape index (κ1) is 19.5. The third-order valence-corrected chi connectivity index (χ3v) is 5.65. The van der Waals surface area contributed by atoms with Crippen molar-refractivity contribution in [3.05, 3.63) is 69.9 Å². The minimum Gasteiger partial charge on any atom is -0.468 e. The molecule has 1 unspecified atom stereocenters. The van der Waals surface area contributed by atoms with Crippen LogP contribution in [0.5, 0.6) is 0 Å². The number of aryl methyl sites for hydroxylation is 2.